The highest BCUT2D eigenvalue weighted by Gasteiger charge is 2.13. The summed E-state index contributed by atoms with van der Waals surface area (Å²) in [7, 11) is 0. The van der Waals surface area contributed by atoms with Crippen LogP contribution in [0.2, 0.25) is 0 Å². The van der Waals surface area contributed by atoms with Crippen molar-refractivity contribution in [3.05, 3.63) is 101 Å². The first-order chi connectivity index (χ1) is 16.0. The summed E-state index contributed by atoms with van der Waals surface area (Å²) in [6.07, 6.45) is 1.45. The van der Waals surface area contributed by atoms with Gasteiger partial charge >= 0.3 is 5.69 Å². The lowest BCUT2D eigenvalue weighted by molar-refractivity contribution is 0.267. The summed E-state index contributed by atoms with van der Waals surface area (Å²) in [5.74, 6) is 1.18. The van der Waals surface area contributed by atoms with Gasteiger partial charge in [0.25, 0.3) is 5.56 Å². The molecule has 0 radical (unpaired) electrons. The molecule has 0 bridgehead atoms. The molecule has 1 N–H and O–H groups in total. The van der Waals surface area contributed by atoms with Crippen LogP contribution in [0, 0.1) is 3.57 Å². The number of hydrogen-bond acceptors (Lipinski definition) is 5. The molecule has 0 unspecified atom stereocenters. The average Bonchev–Trinajstić information content (AvgIpc) is 2.80. The minimum Gasteiger partial charge on any atom is -0.490 e. The predicted molar refractivity (Wildman–Crippen MR) is 141 cm³/mol. The van der Waals surface area contributed by atoms with Gasteiger partial charge in [-0.25, -0.2) is 4.79 Å². The topological polar surface area (TPSA) is 85.7 Å². The molecular formula is C24H19BrIN3O4. The minimum atomic E-state index is -0.607. The standard InChI is InChI=1S/C24H19BrIN3O4/c1-2-32-21-12-16(11-19(26)22(21)33-14-15-7-9-17(25)10-8-15)13-27-29-23(30)18-5-3-4-6-20(18)28-24(29)31/h3-13H,2,14H2,1H3,(H,28,31). The van der Waals surface area contributed by atoms with Crippen molar-refractivity contribution in [1.82, 2.24) is 9.66 Å². The maximum atomic E-state index is 12.7. The van der Waals surface area contributed by atoms with E-state index in [1.807, 2.05) is 37.3 Å². The van der Waals surface area contributed by atoms with Crippen LogP contribution in [-0.4, -0.2) is 22.5 Å². The van der Waals surface area contributed by atoms with Crippen LogP contribution in [0.3, 0.4) is 0 Å². The molecule has 33 heavy (non-hydrogen) atoms. The molecule has 0 aliphatic rings. The fourth-order valence-electron chi connectivity index (χ4n) is 3.18. The molecule has 0 saturated heterocycles. The first-order valence-electron chi connectivity index (χ1n) is 10.1. The van der Waals surface area contributed by atoms with E-state index in [0.717, 1.165) is 18.3 Å². The molecule has 0 saturated carbocycles. The predicted octanol–water partition coefficient (Wildman–Crippen LogP) is 4.92. The van der Waals surface area contributed by atoms with E-state index >= 15 is 0 Å². The largest absolute Gasteiger partial charge is 0.490 e. The van der Waals surface area contributed by atoms with Crippen molar-refractivity contribution in [3.63, 3.8) is 0 Å². The van der Waals surface area contributed by atoms with Crippen molar-refractivity contribution in [2.24, 2.45) is 5.10 Å². The third-order valence-electron chi connectivity index (χ3n) is 4.73. The lowest BCUT2D eigenvalue weighted by atomic mass is 10.2. The molecule has 9 heteroatoms. The average molecular weight is 620 g/mol. The molecule has 1 aromatic heterocycles. The molecule has 4 rings (SSSR count). The van der Waals surface area contributed by atoms with Crippen molar-refractivity contribution < 1.29 is 9.47 Å². The van der Waals surface area contributed by atoms with E-state index in [0.29, 0.717) is 41.2 Å². The van der Waals surface area contributed by atoms with Crippen molar-refractivity contribution in [2.45, 2.75) is 13.5 Å². The van der Waals surface area contributed by atoms with Gasteiger partial charge in [0.2, 0.25) is 0 Å². The van der Waals surface area contributed by atoms with Gasteiger partial charge in [0.05, 0.1) is 27.3 Å². The van der Waals surface area contributed by atoms with Gasteiger partial charge in [-0.15, -0.1) is 4.68 Å². The van der Waals surface area contributed by atoms with Crippen molar-refractivity contribution >= 4 is 55.6 Å². The highest BCUT2D eigenvalue weighted by molar-refractivity contribution is 14.1. The molecule has 0 atom stereocenters. The number of H-pyrrole nitrogens is 1. The number of hydrogen-bond donors (Lipinski definition) is 1. The van der Waals surface area contributed by atoms with Crippen molar-refractivity contribution in [2.75, 3.05) is 6.61 Å². The van der Waals surface area contributed by atoms with Crippen LogP contribution in [0.5, 0.6) is 11.5 Å². The number of ether oxygens (including phenoxy) is 2. The van der Waals surface area contributed by atoms with E-state index in [2.05, 4.69) is 48.6 Å². The van der Waals surface area contributed by atoms with Crippen LogP contribution in [0.25, 0.3) is 10.9 Å². The molecular weight excluding hydrogens is 601 g/mol. The highest BCUT2D eigenvalue weighted by atomic mass is 127. The Kier molecular flexibility index (Phi) is 7.29. The molecule has 0 amide bonds. The number of fused-ring (bicyclic) bond motifs is 1. The summed E-state index contributed by atoms with van der Waals surface area (Å²) in [4.78, 5) is 27.7. The Balaban J connectivity index is 1.64. The van der Waals surface area contributed by atoms with Crippen molar-refractivity contribution in [3.8, 4) is 11.5 Å². The molecule has 3 aromatic carbocycles. The summed E-state index contributed by atoms with van der Waals surface area (Å²) < 4.78 is 14.5. The quantitative estimate of drug-likeness (QED) is 0.235. The third-order valence-corrected chi connectivity index (χ3v) is 6.06. The number of rotatable bonds is 7. The van der Waals surface area contributed by atoms with E-state index in [-0.39, 0.29) is 0 Å². The first kappa shape index (κ1) is 23.2. The second-order valence-electron chi connectivity index (χ2n) is 7.02. The first-order valence-corrected chi connectivity index (χ1v) is 12.0. The van der Waals surface area contributed by atoms with E-state index in [9.17, 15) is 9.59 Å². The van der Waals surface area contributed by atoms with E-state index in [4.69, 9.17) is 9.47 Å². The Morgan fingerprint density at radius 1 is 1.09 bits per heavy atom. The number of nitrogens with zero attached hydrogens (tertiary/aromatic N) is 2. The van der Waals surface area contributed by atoms with Gasteiger partial charge in [0.15, 0.2) is 11.5 Å². The zero-order valence-corrected chi connectivity index (χ0v) is 21.3. The van der Waals surface area contributed by atoms with Crippen LogP contribution >= 0.6 is 38.5 Å². The monoisotopic (exact) mass is 619 g/mol. The van der Waals surface area contributed by atoms with Gasteiger partial charge in [-0.3, -0.25) is 4.79 Å². The number of aromatic amines is 1. The van der Waals surface area contributed by atoms with Gasteiger partial charge in [0, 0.05) is 4.47 Å². The van der Waals surface area contributed by atoms with Crippen molar-refractivity contribution in [1.29, 1.82) is 0 Å². The lowest BCUT2D eigenvalue weighted by Crippen LogP contribution is -2.32. The van der Waals surface area contributed by atoms with Gasteiger partial charge in [-0.05, 0) is 77.0 Å². The Morgan fingerprint density at radius 2 is 1.85 bits per heavy atom. The smallest absolute Gasteiger partial charge is 0.349 e. The summed E-state index contributed by atoms with van der Waals surface area (Å²) >= 11 is 5.60. The lowest BCUT2D eigenvalue weighted by Gasteiger charge is -2.15. The summed E-state index contributed by atoms with van der Waals surface area (Å²) in [6, 6.07) is 18.3. The van der Waals surface area contributed by atoms with Gasteiger partial charge < -0.3 is 14.5 Å². The molecule has 0 fully saturated rings. The normalized spacial score (nSPS) is 11.2. The molecule has 4 aromatic rings. The molecule has 0 aliphatic heterocycles. The molecule has 0 spiro atoms. The Hall–Kier alpha value is -2.92. The maximum Gasteiger partial charge on any atom is 0.349 e. The van der Waals surface area contributed by atoms with Crippen LogP contribution in [0.4, 0.5) is 0 Å². The second-order valence-corrected chi connectivity index (χ2v) is 9.09. The SMILES string of the molecule is CCOc1cc(C=Nn2c(=O)[nH]c3ccccc3c2=O)cc(I)c1OCc1ccc(Br)cc1. The number of halogens is 2. The number of nitrogens with one attached hydrogen (secondary N) is 1. The van der Waals surface area contributed by atoms with Crippen LogP contribution in [-0.2, 0) is 6.61 Å². The molecule has 7 nitrogen and oxygen atoms in total. The summed E-state index contributed by atoms with van der Waals surface area (Å²) in [5, 5.41) is 4.52. The zero-order valence-electron chi connectivity index (χ0n) is 17.5. The summed E-state index contributed by atoms with van der Waals surface area (Å²) in [6.45, 7) is 2.73. The molecule has 1 heterocycles. The van der Waals surface area contributed by atoms with Crippen LogP contribution in [0.15, 0.2) is 79.8 Å². The minimum absolute atomic E-state index is 0.385. The number of benzene rings is 3. The van der Waals surface area contributed by atoms with Gasteiger partial charge in [0.1, 0.15) is 6.61 Å². The number of aromatic nitrogens is 2. The molecule has 0 aliphatic carbocycles. The summed E-state index contributed by atoms with van der Waals surface area (Å²) in [5.41, 5.74) is 1.07. The van der Waals surface area contributed by atoms with E-state index < -0.39 is 11.2 Å². The van der Waals surface area contributed by atoms with Crippen LogP contribution in [0.1, 0.15) is 18.1 Å². The maximum absolute atomic E-state index is 12.7. The fraction of sp³-hybridized carbons (Fsp3) is 0.125. The van der Waals surface area contributed by atoms with Crippen LogP contribution < -0.4 is 20.7 Å². The Morgan fingerprint density at radius 3 is 2.61 bits per heavy atom. The fourth-order valence-corrected chi connectivity index (χ4v) is 4.23. The van der Waals surface area contributed by atoms with E-state index in [1.165, 1.54) is 6.21 Å². The molecule has 168 valence electrons. The third kappa shape index (κ3) is 5.36. The van der Waals surface area contributed by atoms with Gasteiger partial charge in [-0.2, -0.15) is 5.10 Å². The second kappa shape index (κ2) is 10.3. The number of para-hydroxylation sites is 1. The highest BCUT2D eigenvalue weighted by Crippen LogP contribution is 2.34. The Bertz CT molecular complexity index is 1450. The van der Waals surface area contributed by atoms with E-state index in [1.54, 1.807) is 30.3 Å². The van der Waals surface area contributed by atoms with Gasteiger partial charge in [-0.1, -0.05) is 40.2 Å². The zero-order chi connectivity index (χ0) is 23.4. The Labute approximate surface area is 211 Å².